The lowest BCUT2D eigenvalue weighted by Crippen LogP contribution is -2.37. The van der Waals surface area contributed by atoms with Crippen LogP contribution < -0.4 is 5.32 Å². The van der Waals surface area contributed by atoms with Gasteiger partial charge in [-0.25, -0.2) is 8.42 Å². The van der Waals surface area contributed by atoms with Gasteiger partial charge >= 0.3 is 5.97 Å². The maximum Gasteiger partial charge on any atom is 0.303 e. The van der Waals surface area contributed by atoms with Gasteiger partial charge in [-0.05, 0) is 30.9 Å². The summed E-state index contributed by atoms with van der Waals surface area (Å²) >= 11 is 0. The molecule has 1 aromatic rings. The molecule has 0 aliphatic heterocycles. The van der Waals surface area contributed by atoms with Gasteiger partial charge in [-0.2, -0.15) is 0 Å². The molecule has 1 atom stereocenters. The Morgan fingerprint density at radius 1 is 1.28 bits per heavy atom. The van der Waals surface area contributed by atoms with Crippen LogP contribution in [0.4, 0.5) is 0 Å². The largest absolute Gasteiger partial charge is 0.481 e. The highest BCUT2D eigenvalue weighted by Crippen LogP contribution is 2.28. The Bertz CT molecular complexity index is 702. The van der Waals surface area contributed by atoms with Gasteiger partial charge < -0.3 is 14.8 Å². The molecule has 2 N–H and O–H groups in total. The first kappa shape index (κ1) is 19.5. The number of hydrogen-bond acceptors (Lipinski definition) is 5. The fraction of sp³-hybridized carbons (Fsp3) is 0.647. The van der Waals surface area contributed by atoms with E-state index in [0.29, 0.717) is 12.3 Å². The minimum Gasteiger partial charge on any atom is -0.481 e. The van der Waals surface area contributed by atoms with E-state index in [9.17, 15) is 18.0 Å². The number of carbonyl (C=O) groups excluding carboxylic acids is 1. The number of carboxylic acid groups (broad SMARTS) is 1. The SMILES string of the molecule is CS(=O)(=O)c1ccc(C(=O)NC(CCC(=O)O)CC2CCCCC2)o1. The number of hydrogen-bond donors (Lipinski definition) is 2. The van der Waals surface area contributed by atoms with Gasteiger partial charge in [0, 0.05) is 18.7 Å². The molecule has 25 heavy (non-hydrogen) atoms. The van der Waals surface area contributed by atoms with E-state index in [-0.39, 0.29) is 23.3 Å². The molecule has 7 nitrogen and oxygen atoms in total. The Balaban J connectivity index is 2.01. The maximum atomic E-state index is 12.3. The molecular formula is C17H25NO6S. The van der Waals surface area contributed by atoms with Crippen molar-refractivity contribution in [3.8, 4) is 0 Å². The zero-order valence-electron chi connectivity index (χ0n) is 14.4. The monoisotopic (exact) mass is 371 g/mol. The summed E-state index contributed by atoms with van der Waals surface area (Å²) in [5.74, 6) is -1.01. The van der Waals surface area contributed by atoms with Crippen molar-refractivity contribution in [3.05, 3.63) is 17.9 Å². The lowest BCUT2D eigenvalue weighted by atomic mass is 9.84. The van der Waals surface area contributed by atoms with Crippen molar-refractivity contribution in [1.82, 2.24) is 5.32 Å². The molecule has 1 heterocycles. The molecular weight excluding hydrogens is 346 g/mol. The van der Waals surface area contributed by atoms with E-state index in [0.717, 1.165) is 25.5 Å². The predicted molar refractivity (Wildman–Crippen MR) is 91.1 cm³/mol. The van der Waals surface area contributed by atoms with E-state index in [2.05, 4.69) is 5.32 Å². The lowest BCUT2D eigenvalue weighted by molar-refractivity contribution is -0.137. The van der Waals surface area contributed by atoms with Crippen molar-refractivity contribution in [2.45, 2.75) is 62.5 Å². The van der Waals surface area contributed by atoms with Crippen molar-refractivity contribution in [2.75, 3.05) is 6.26 Å². The van der Waals surface area contributed by atoms with Crippen LogP contribution in [0, 0.1) is 5.92 Å². The molecule has 0 radical (unpaired) electrons. The first-order chi connectivity index (χ1) is 11.8. The number of carbonyl (C=O) groups is 2. The number of amides is 1. The molecule has 8 heteroatoms. The minimum atomic E-state index is -3.51. The lowest BCUT2D eigenvalue weighted by Gasteiger charge is -2.26. The molecule has 1 unspecified atom stereocenters. The van der Waals surface area contributed by atoms with Gasteiger partial charge in [-0.15, -0.1) is 0 Å². The van der Waals surface area contributed by atoms with Gasteiger partial charge in [-0.1, -0.05) is 32.1 Å². The molecule has 0 bridgehead atoms. The van der Waals surface area contributed by atoms with Crippen LogP contribution in [0.5, 0.6) is 0 Å². The van der Waals surface area contributed by atoms with Crippen molar-refractivity contribution in [1.29, 1.82) is 0 Å². The average molecular weight is 371 g/mol. The summed E-state index contributed by atoms with van der Waals surface area (Å²) in [4.78, 5) is 23.2. The summed E-state index contributed by atoms with van der Waals surface area (Å²) in [6.07, 6.45) is 7.81. The predicted octanol–water partition coefficient (Wildman–Crippen LogP) is 2.62. The summed E-state index contributed by atoms with van der Waals surface area (Å²) in [7, 11) is -3.51. The second-order valence-electron chi connectivity index (χ2n) is 6.73. The van der Waals surface area contributed by atoms with Crippen LogP contribution in [-0.2, 0) is 14.6 Å². The normalized spacial score (nSPS) is 17.2. The first-order valence-electron chi connectivity index (χ1n) is 8.58. The van der Waals surface area contributed by atoms with Gasteiger partial charge in [0.15, 0.2) is 5.76 Å². The van der Waals surface area contributed by atoms with Gasteiger partial charge in [0.25, 0.3) is 5.91 Å². The van der Waals surface area contributed by atoms with E-state index >= 15 is 0 Å². The molecule has 1 saturated carbocycles. The summed E-state index contributed by atoms with van der Waals surface area (Å²) in [6.45, 7) is 0. The van der Waals surface area contributed by atoms with E-state index < -0.39 is 21.7 Å². The highest BCUT2D eigenvalue weighted by Gasteiger charge is 2.23. The Hall–Kier alpha value is -1.83. The van der Waals surface area contributed by atoms with Crippen LogP contribution in [-0.4, -0.2) is 37.7 Å². The van der Waals surface area contributed by atoms with Crippen LogP contribution in [0.1, 0.15) is 61.9 Å². The molecule has 0 spiro atoms. The van der Waals surface area contributed by atoms with Gasteiger partial charge in [0.2, 0.25) is 14.9 Å². The van der Waals surface area contributed by atoms with Crippen LogP contribution in [0.3, 0.4) is 0 Å². The summed E-state index contributed by atoms with van der Waals surface area (Å²) in [5, 5.41) is 11.5. The Kier molecular flexibility index (Phi) is 6.64. The molecule has 1 amide bonds. The Morgan fingerprint density at radius 3 is 2.52 bits per heavy atom. The van der Waals surface area contributed by atoms with E-state index in [1.54, 1.807) is 0 Å². The molecule has 0 saturated heterocycles. The Morgan fingerprint density at radius 2 is 1.96 bits per heavy atom. The van der Waals surface area contributed by atoms with E-state index in [1.807, 2.05) is 0 Å². The first-order valence-corrected chi connectivity index (χ1v) is 10.5. The van der Waals surface area contributed by atoms with Crippen molar-refractivity contribution < 1.29 is 27.5 Å². The minimum absolute atomic E-state index is 0.0234. The summed E-state index contributed by atoms with van der Waals surface area (Å²) in [5.41, 5.74) is 0. The number of carboxylic acids is 1. The summed E-state index contributed by atoms with van der Waals surface area (Å²) in [6, 6.07) is 2.30. The molecule has 1 aliphatic carbocycles. The second kappa shape index (κ2) is 8.51. The van der Waals surface area contributed by atoms with Crippen molar-refractivity contribution in [2.24, 2.45) is 5.92 Å². The van der Waals surface area contributed by atoms with Crippen molar-refractivity contribution >= 4 is 21.7 Å². The Labute approximate surface area is 147 Å². The fourth-order valence-electron chi connectivity index (χ4n) is 3.27. The molecule has 0 aromatic carbocycles. The molecule has 1 aliphatic rings. The highest BCUT2D eigenvalue weighted by molar-refractivity contribution is 7.90. The molecule has 1 aromatic heterocycles. The molecule has 2 rings (SSSR count). The smallest absolute Gasteiger partial charge is 0.303 e. The third-order valence-corrected chi connectivity index (χ3v) is 5.51. The number of aliphatic carboxylic acids is 1. The van der Waals surface area contributed by atoms with Crippen LogP contribution >= 0.6 is 0 Å². The quantitative estimate of drug-likeness (QED) is 0.726. The van der Waals surface area contributed by atoms with Gasteiger partial charge in [0.1, 0.15) is 0 Å². The van der Waals surface area contributed by atoms with Crippen LogP contribution in [0.25, 0.3) is 0 Å². The number of rotatable bonds is 8. The summed E-state index contributed by atoms with van der Waals surface area (Å²) < 4.78 is 28.0. The van der Waals surface area contributed by atoms with E-state index in [4.69, 9.17) is 9.52 Å². The highest BCUT2D eigenvalue weighted by atomic mass is 32.2. The van der Waals surface area contributed by atoms with Gasteiger partial charge in [-0.3, -0.25) is 9.59 Å². The van der Waals surface area contributed by atoms with Gasteiger partial charge in [0.05, 0.1) is 0 Å². The third kappa shape index (κ3) is 6.19. The van der Waals surface area contributed by atoms with Crippen LogP contribution in [0.2, 0.25) is 0 Å². The molecule has 140 valence electrons. The maximum absolute atomic E-state index is 12.3. The molecule has 1 fully saturated rings. The third-order valence-electron chi connectivity index (χ3n) is 4.56. The zero-order valence-corrected chi connectivity index (χ0v) is 15.2. The average Bonchev–Trinajstić information content (AvgIpc) is 3.04. The zero-order chi connectivity index (χ0) is 18.4. The standard InChI is InChI=1S/C17H25NO6S/c1-25(22,23)16-10-8-14(24-16)17(21)18-13(7-9-15(19)20)11-12-5-3-2-4-6-12/h8,10,12-13H,2-7,9,11H2,1H3,(H,18,21)(H,19,20). The number of furan rings is 1. The number of nitrogens with one attached hydrogen (secondary N) is 1. The number of sulfone groups is 1. The fourth-order valence-corrected chi connectivity index (χ4v) is 3.83. The van der Waals surface area contributed by atoms with E-state index in [1.165, 1.54) is 31.4 Å². The topological polar surface area (TPSA) is 114 Å². The van der Waals surface area contributed by atoms with Crippen molar-refractivity contribution in [3.63, 3.8) is 0 Å². The van der Waals surface area contributed by atoms with Crippen LogP contribution in [0.15, 0.2) is 21.6 Å². The second-order valence-corrected chi connectivity index (χ2v) is 8.68.